The summed E-state index contributed by atoms with van der Waals surface area (Å²) in [5.41, 5.74) is 1.95. The Morgan fingerprint density at radius 1 is 1.10 bits per heavy atom. The lowest BCUT2D eigenvalue weighted by Crippen LogP contribution is -2.42. The highest BCUT2D eigenvalue weighted by atomic mass is 35.5. The molecule has 0 saturated carbocycles. The van der Waals surface area contributed by atoms with Crippen LogP contribution in [-0.2, 0) is 13.0 Å². The molecule has 1 aromatic carbocycles. The number of rotatable bonds is 5. The second kappa shape index (κ2) is 9.58. The third-order valence-electron chi connectivity index (χ3n) is 5.27. The Hall–Kier alpha value is -2.44. The number of fused-ring (bicyclic) bond motifs is 1. The van der Waals surface area contributed by atoms with Crippen molar-refractivity contribution in [1.82, 2.24) is 14.5 Å². The number of anilines is 1. The summed E-state index contributed by atoms with van der Waals surface area (Å²) in [6, 6.07) is 12.2. The molecule has 0 radical (unpaired) electrons. The second-order valence-corrected chi connectivity index (χ2v) is 7.76. The van der Waals surface area contributed by atoms with Crippen molar-refractivity contribution in [3.8, 4) is 11.3 Å². The summed E-state index contributed by atoms with van der Waals surface area (Å²) in [4.78, 5) is 23.7. The Morgan fingerprint density at radius 3 is 2.50 bits per heavy atom. The van der Waals surface area contributed by atoms with Crippen LogP contribution in [0.4, 0.5) is 10.3 Å². The van der Waals surface area contributed by atoms with Gasteiger partial charge in [0, 0.05) is 30.6 Å². The van der Waals surface area contributed by atoms with Gasteiger partial charge in [0.25, 0.3) is 5.56 Å². The van der Waals surface area contributed by atoms with E-state index in [1.54, 1.807) is 29.1 Å². The van der Waals surface area contributed by atoms with Crippen LogP contribution in [0.15, 0.2) is 59.7 Å². The number of benzene rings is 1. The lowest BCUT2D eigenvalue weighted by molar-refractivity contribution is 0.445. The molecule has 160 valence electrons. The Kier molecular flexibility index (Phi) is 7.61. The first-order chi connectivity index (χ1) is 13.5. The van der Waals surface area contributed by atoms with Crippen molar-refractivity contribution >= 4 is 30.8 Å². The molecule has 0 spiro atoms. The molecule has 1 aliphatic rings. The molecule has 0 amide bonds. The quantitative estimate of drug-likeness (QED) is 0.573. The summed E-state index contributed by atoms with van der Waals surface area (Å²) in [5, 5.41) is 0. The third-order valence-corrected chi connectivity index (χ3v) is 5.27. The van der Waals surface area contributed by atoms with Crippen LogP contribution in [0.2, 0.25) is 0 Å². The van der Waals surface area contributed by atoms with Gasteiger partial charge in [0.1, 0.15) is 5.82 Å². The predicted octanol–water partition coefficient (Wildman–Crippen LogP) is 4.52. The van der Waals surface area contributed by atoms with E-state index in [9.17, 15) is 9.18 Å². The Labute approximate surface area is 187 Å². The van der Waals surface area contributed by atoms with E-state index in [2.05, 4.69) is 23.7 Å². The summed E-state index contributed by atoms with van der Waals surface area (Å²) in [5.74, 6) is 0.510. The number of hydrogen-bond acceptors (Lipinski definition) is 4. The molecule has 0 unspecified atom stereocenters. The van der Waals surface area contributed by atoms with Crippen LogP contribution in [0.5, 0.6) is 0 Å². The van der Waals surface area contributed by atoms with Gasteiger partial charge in [-0.3, -0.25) is 14.3 Å². The van der Waals surface area contributed by atoms with Crippen LogP contribution in [-0.4, -0.2) is 26.6 Å². The van der Waals surface area contributed by atoms with Crippen molar-refractivity contribution in [2.24, 2.45) is 0 Å². The molecule has 0 saturated heterocycles. The largest absolute Gasteiger partial charge is 0.335 e. The second-order valence-electron chi connectivity index (χ2n) is 7.76. The van der Waals surface area contributed by atoms with E-state index in [0.29, 0.717) is 31.2 Å². The van der Waals surface area contributed by atoms with E-state index in [0.717, 1.165) is 17.5 Å². The summed E-state index contributed by atoms with van der Waals surface area (Å²) < 4.78 is 15.6. The average Bonchev–Trinajstić information content (AvgIpc) is 2.95. The molecule has 8 heteroatoms. The predicted molar refractivity (Wildman–Crippen MR) is 122 cm³/mol. The maximum absolute atomic E-state index is 13.9. The standard InChI is InChI=1S/C22H23FN4O.2ClH/c1-22(2)15-26-20(28)14-19(17-9-11-24-12-10-17)25-21(26)27(22)13-5-7-16-6-3-4-8-18(16)23;;/h3-4,6,8-12,14H,5,7,13,15H2,1-2H3;2*1H. The zero-order valence-corrected chi connectivity index (χ0v) is 18.5. The molecule has 0 aliphatic carbocycles. The van der Waals surface area contributed by atoms with Crippen LogP contribution >= 0.6 is 24.8 Å². The first-order valence-electron chi connectivity index (χ1n) is 9.49. The van der Waals surface area contributed by atoms with E-state index in [4.69, 9.17) is 4.98 Å². The van der Waals surface area contributed by atoms with Crippen molar-refractivity contribution in [2.45, 2.75) is 38.8 Å². The molecule has 1 aliphatic heterocycles. The van der Waals surface area contributed by atoms with Crippen molar-refractivity contribution in [2.75, 3.05) is 11.4 Å². The molecule has 0 N–H and O–H groups in total. The minimum absolute atomic E-state index is 0. The molecular weight excluding hydrogens is 426 g/mol. The third kappa shape index (κ3) is 4.65. The molecular formula is C22H25Cl2FN4O. The average molecular weight is 451 g/mol. The highest BCUT2D eigenvalue weighted by molar-refractivity contribution is 5.85. The Bertz CT molecular complexity index is 1060. The zero-order chi connectivity index (χ0) is 19.7. The Morgan fingerprint density at radius 2 is 1.80 bits per heavy atom. The minimum Gasteiger partial charge on any atom is -0.335 e. The SMILES string of the molecule is CC1(C)Cn2c(nc(-c3ccncc3)cc2=O)N1CCCc1ccccc1F.Cl.Cl. The lowest BCUT2D eigenvalue weighted by atomic mass is 10.0. The van der Waals surface area contributed by atoms with Gasteiger partial charge in [0.05, 0.1) is 17.8 Å². The fraction of sp³-hybridized carbons (Fsp3) is 0.318. The van der Waals surface area contributed by atoms with Crippen LogP contribution in [0.25, 0.3) is 11.3 Å². The number of nitrogens with zero attached hydrogens (tertiary/aromatic N) is 4. The minimum atomic E-state index is -0.231. The lowest BCUT2D eigenvalue weighted by Gasteiger charge is -2.31. The van der Waals surface area contributed by atoms with Gasteiger partial charge >= 0.3 is 0 Å². The monoisotopic (exact) mass is 450 g/mol. The zero-order valence-electron chi connectivity index (χ0n) is 16.9. The fourth-order valence-electron chi connectivity index (χ4n) is 3.79. The summed E-state index contributed by atoms with van der Waals surface area (Å²) >= 11 is 0. The molecule has 0 fully saturated rings. The number of aromatic nitrogens is 3. The molecule has 0 atom stereocenters. The summed E-state index contributed by atoms with van der Waals surface area (Å²) in [6.07, 6.45) is 4.81. The van der Waals surface area contributed by atoms with Gasteiger partial charge in [-0.15, -0.1) is 24.8 Å². The molecule has 5 nitrogen and oxygen atoms in total. The highest BCUT2D eigenvalue weighted by Gasteiger charge is 2.37. The summed E-state index contributed by atoms with van der Waals surface area (Å²) in [6.45, 7) is 5.50. The van der Waals surface area contributed by atoms with Crippen molar-refractivity contribution < 1.29 is 4.39 Å². The Balaban J connectivity index is 0.00000160. The number of hydrogen-bond donors (Lipinski definition) is 0. The van der Waals surface area contributed by atoms with Crippen LogP contribution in [0, 0.1) is 5.82 Å². The van der Waals surface area contributed by atoms with Crippen LogP contribution in [0.1, 0.15) is 25.8 Å². The molecule has 0 bridgehead atoms. The van der Waals surface area contributed by atoms with E-state index < -0.39 is 0 Å². The first-order valence-corrected chi connectivity index (χ1v) is 9.49. The molecule has 30 heavy (non-hydrogen) atoms. The van der Waals surface area contributed by atoms with Gasteiger partial charge in [0.15, 0.2) is 0 Å². The maximum Gasteiger partial charge on any atom is 0.255 e. The van der Waals surface area contributed by atoms with E-state index in [1.807, 2.05) is 24.3 Å². The highest BCUT2D eigenvalue weighted by Crippen LogP contribution is 2.32. The van der Waals surface area contributed by atoms with Crippen LogP contribution in [0.3, 0.4) is 0 Å². The van der Waals surface area contributed by atoms with Crippen molar-refractivity contribution in [3.05, 3.63) is 76.6 Å². The summed E-state index contributed by atoms with van der Waals surface area (Å²) in [7, 11) is 0. The number of pyridine rings is 1. The molecule has 3 heterocycles. The maximum atomic E-state index is 13.9. The van der Waals surface area contributed by atoms with Gasteiger partial charge in [-0.2, -0.15) is 0 Å². The van der Waals surface area contributed by atoms with E-state index in [-0.39, 0.29) is 41.7 Å². The first kappa shape index (κ1) is 23.8. The van der Waals surface area contributed by atoms with Gasteiger partial charge in [0.2, 0.25) is 5.95 Å². The van der Waals surface area contributed by atoms with E-state index in [1.165, 1.54) is 6.07 Å². The molecule has 2 aromatic heterocycles. The van der Waals surface area contributed by atoms with Gasteiger partial charge < -0.3 is 4.90 Å². The molecule has 4 rings (SSSR count). The van der Waals surface area contributed by atoms with E-state index >= 15 is 0 Å². The molecule has 3 aromatic rings. The van der Waals surface area contributed by atoms with Gasteiger partial charge in [-0.05, 0) is 50.5 Å². The van der Waals surface area contributed by atoms with Crippen molar-refractivity contribution in [1.29, 1.82) is 0 Å². The normalized spacial score (nSPS) is 13.9. The van der Waals surface area contributed by atoms with Crippen LogP contribution < -0.4 is 10.5 Å². The van der Waals surface area contributed by atoms with Gasteiger partial charge in [-0.1, -0.05) is 18.2 Å². The topological polar surface area (TPSA) is 51.0 Å². The fourth-order valence-corrected chi connectivity index (χ4v) is 3.79. The number of aryl methyl sites for hydroxylation is 1. The van der Waals surface area contributed by atoms with Gasteiger partial charge in [-0.25, -0.2) is 9.37 Å². The van der Waals surface area contributed by atoms with Crippen molar-refractivity contribution in [3.63, 3.8) is 0 Å². The smallest absolute Gasteiger partial charge is 0.255 e. The number of halogens is 3.